The zero-order valence-electron chi connectivity index (χ0n) is 18.0. The van der Waals surface area contributed by atoms with Gasteiger partial charge in [-0.25, -0.2) is 4.79 Å². The molecule has 3 rings (SSSR count). The fourth-order valence-electron chi connectivity index (χ4n) is 3.17. The third-order valence-electron chi connectivity index (χ3n) is 4.91. The number of benzene rings is 3. The highest BCUT2D eigenvalue weighted by molar-refractivity contribution is 5.89. The number of methoxy groups -OCH3 is 1. The Morgan fingerprint density at radius 1 is 0.935 bits per heavy atom. The molecule has 5 heteroatoms. The van der Waals surface area contributed by atoms with Gasteiger partial charge < -0.3 is 19.5 Å². The molecule has 1 unspecified atom stereocenters. The summed E-state index contributed by atoms with van der Waals surface area (Å²) in [6, 6.07) is 22.5. The fourth-order valence-corrected chi connectivity index (χ4v) is 3.17. The van der Waals surface area contributed by atoms with E-state index in [0.717, 1.165) is 22.4 Å². The maximum atomic E-state index is 11.5. The molecule has 31 heavy (non-hydrogen) atoms. The van der Waals surface area contributed by atoms with Crippen LogP contribution < -0.4 is 4.90 Å². The summed E-state index contributed by atoms with van der Waals surface area (Å²) in [5.74, 6) is -0.128. The number of ether oxygens (including phenoxy) is 2. The molecule has 3 aromatic rings. The maximum Gasteiger partial charge on any atom is 0.337 e. The Morgan fingerprint density at radius 2 is 1.52 bits per heavy atom. The molecule has 5 nitrogen and oxygen atoms in total. The summed E-state index contributed by atoms with van der Waals surface area (Å²) >= 11 is 0. The largest absolute Gasteiger partial charge is 0.508 e. The molecule has 1 N–H and O–H groups in total. The number of nitrogens with zero attached hydrogens (tertiary/aromatic N) is 1. The van der Waals surface area contributed by atoms with E-state index in [2.05, 4.69) is 29.2 Å². The van der Waals surface area contributed by atoms with Crippen molar-refractivity contribution in [3.63, 3.8) is 0 Å². The molecule has 0 saturated heterocycles. The summed E-state index contributed by atoms with van der Waals surface area (Å²) in [5, 5.41) is 9.63. The third-order valence-corrected chi connectivity index (χ3v) is 4.91. The Labute approximate surface area is 183 Å². The van der Waals surface area contributed by atoms with Crippen LogP contribution in [0.4, 0.5) is 5.69 Å². The number of anilines is 1. The highest BCUT2D eigenvalue weighted by Crippen LogP contribution is 2.29. The van der Waals surface area contributed by atoms with E-state index >= 15 is 0 Å². The lowest BCUT2D eigenvalue weighted by atomic mass is 10.0. The number of carbonyl (C=O) groups excluding carboxylic acids is 1. The van der Waals surface area contributed by atoms with Gasteiger partial charge in [0.25, 0.3) is 0 Å². The van der Waals surface area contributed by atoms with Gasteiger partial charge in [-0.15, -0.1) is 0 Å². The van der Waals surface area contributed by atoms with Crippen LogP contribution in [0, 0.1) is 0 Å². The van der Waals surface area contributed by atoms with Crippen LogP contribution in [0.15, 0.2) is 78.9 Å². The van der Waals surface area contributed by atoms with Gasteiger partial charge in [0.05, 0.1) is 19.3 Å². The predicted molar refractivity (Wildman–Crippen MR) is 123 cm³/mol. The second-order valence-corrected chi connectivity index (χ2v) is 7.31. The first-order chi connectivity index (χ1) is 15.0. The Morgan fingerprint density at radius 3 is 2.06 bits per heavy atom. The molecule has 0 spiro atoms. The lowest BCUT2D eigenvalue weighted by molar-refractivity contribution is 0.0600. The molecule has 0 aliphatic carbocycles. The van der Waals surface area contributed by atoms with Crippen LogP contribution in [0.5, 0.6) is 5.75 Å². The summed E-state index contributed by atoms with van der Waals surface area (Å²) in [5.41, 5.74) is 4.60. The minimum atomic E-state index is -0.351. The predicted octanol–water partition coefficient (Wildman–Crippen LogP) is 5.06. The van der Waals surface area contributed by atoms with Crippen LogP contribution in [0.3, 0.4) is 0 Å². The van der Waals surface area contributed by atoms with Crippen molar-refractivity contribution in [2.75, 3.05) is 32.7 Å². The number of rotatable bonds is 8. The Hall–Kier alpha value is -3.57. The quantitative estimate of drug-likeness (QED) is 0.519. The summed E-state index contributed by atoms with van der Waals surface area (Å²) in [6.45, 7) is 0.403. The summed E-state index contributed by atoms with van der Waals surface area (Å²) in [4.78, 5) is 13.6. The van der Waals surface area contributed by atoms with Crippen LogP contribution in [0.2, 0.25) is 0 Å². The molecule has 1 atom stereocenters. The molecule has 0 bridgehead atoms. The van der Waals surface area contributed by atoms with Gasteiger partial charge in [-0.1, -0.05) is 48.6 Å². The van der Waals surface area contributed by atoms with Crippen LogP contribution in [-0.4, -0.2) is 38.9 Å². The van der Waals surface area contributed by atoms with E-state index in [1.165, 1.54) is 7.11 Å². The van der Waals surface area contributed by atoms with E-state index in [1.807, 2.05) is 50.5 Å². The average molecular weight is 418 g/mol. The van der Waals surface area contributed by atoms with Crippen molar-refractivity contribution in [2.45, 2.75) is 6.10 Å². The molecule has 0 heterocycles. The van der Waals surface area contributed by atoms with Gasteiger partial charge in [-0.3, -0.25) is 0 Å². The molecule has 0 aliphatic rings. The zero-order chi connectivity index (χ0) is 22.2. The van der Waals surface area contributed by atoms with Crippen LogP contribution >= 0.6 is 0 Å². The lowest BCUT2D eigenvalue weighted by Crippen LogP contribution is -2.10. The summed E-state index contributed by atoms with van der Waals surface area (Å²) < 4.78 is 10.9. The van der Waals surface area contributed by atoms with E-state index in [9.17, 15) is 9.90 Å². The first-order valence-electron chi connectivity index (χ1n) is 10.0. The van der Waals surface area contributed by atoms with E-state index < -0.39 is 0 Å². The van der Waals surface area contributed by atoms with Gasteiger partial charge in [0.2, 0.25) is 0 Å². The highest BCUT2D eigenvalue weighted by Gasteiger charge is 2.15. The number of hydrogen-bond acceptors (Lipinski definition) is 5. The van der Waals surface area contributed by atoms with Crippen molar-refractivity contribution in [1.29, 1.82) is 0 Å². The Bertz CT molecular complexity index is 1010. The Balaban J connectivity index is 1.72. The fraction of sp³-hybridized carbons (Fsp3) is 0.192. The second-order valence-electron chi connectivity index (χ2n) is 7.31. The zero-order valence-corrected chi connectivity index (χ0v) is 18.0. The SMILES string of the molecule is COC(=O)c1ccc(/C=C/COC(c2ccc(O)cc2)c2ccc(N(C)C)cc2)cc1. The van der Waals surface area contributed by atoms with Crippen molar-refractivity contribution < 1.29 is 19.4 Å². The minimum absolute atomic E-state index is 0.223. The first kappa shape index (κ1) is 22.1. The lowest BCUT2D eigenvalue weighted by Gasteiger charge is -2.20. The van der Waals surface area contributed by atoms with Crippen molar-refractivity contribution in [1.82, 2.24) is 0 Å². The van der Waals surface area contributed by atoms with Gasteiger partial charge >= 0.3 is 5.97 Å². The number of phenolic OH excluding ortho intramolecular Hbond substituents is 1. The molecule has 0 radical (unpaired) electrons. The smallest absolute Gasteiger partial charge is 0.337 e. The number of phenols is 1. The van der Waals surface area contributed by atoms with Gasteiger partial charge in [-0.05, 0) is 53.1 Å². The van der Waals surface area contributed by atoms with Crippen molar-refractivity contribution in [3.8, 4) is 5.75 Å². The van der Waals surface area contributed by atoms with E-state index in [-0.39, 0.29) is 17.8 Å². The molecule has 0 aliphatic heterocycles. The molecule has 160 valence electrons. The highest BCUT2D eigenvalue weighted by atomic mass is 16.5. The molecule has 0 fully saturated rings. The van der Waals surface area contributed by atoms with Crippen molar-refractivity contribution in [2.24, 2.45) is 0 Å². The normalized spacial score (nSPS) is 12.0. The molecular weight excluding hydrogens is 390 g/mol. The summed E-state index contributed by atoms with van der Waals surface area (Å²) in [6.07, 6.45) is 3.63. The number of carbonyl (C=O) groups is 1. The first-order valence-corrected chi connectivity index (χ1v) is 10.0. The van der Waals surface area contributed by atoms with Gasteiger partial charge in [0.1, 0.15) is 11.9 Å². The number of esters is 1. The Kier molecular flexibility index (Phi) is 7.46. The number of hydrogen-bond donors (Lipinski definition) is 1. The average Bonchev–Trinajstić information content (AvgIpc) is 2.80. The topological polar surface area (TPSA) is 59.0 Å². The van der Waals surface area contributed by atoms with Crippen molar-refractivity contribution >= 4 is 17.7 Å². The van der Waals surface area contributed by atoms with Crippen LogP contribution in [0.1, 0.15) is 33.2 Å². The van der Waals surface area contributed by atoms with E-state index in [4.69, 9.17) is 9.47 Å². The van der Waals surface area contributed by atoms with Gasteiger partial charge in [-0.2, -0.15) is 0 Å². The van der Waals surface area contributed by atoms with Crippen LogP contribution in [-0.2, 0) is 9.47 Å². The van der Waals surface area contributed by atoms with Gasteiger partial charge in [0.15, 0.2) is 0 Å². The van der Waals surface area contributed by atoms with E-state index in [1.54, 1.807) is 24.3 Å². The summed E-state index contributed by atoms with van der Waals surface area (Å²) in [7, 11) is 5.38. The molecule has 0 aromatic heterocycles. The molecule has 0 amide bonds. The molecular formula is C26H27NO4. The van der Waals surface area contributed by atoms with Crippen molar-refractivity contribution in [3.05, 3.63) is 101 Å². The monoisotopic (exact) mass is 417 g/mol. The minimum Gasteiger partial charge on any atom is -0.508 e. The maximum absolute atomic E-state index is 11.5. The van der Waals surface area contributed by atoms with E-state index in [0.29, 0.717) is 12.2 Å². The van der Waals surface area contributed by atoms with Crippen LogP contribution in [0.25, 0.3) is 6.08 Å². The second kappa shape index (κ2) is 10.5. The molecule has 0 saturated carbocycles. The third kappa shape index (κ3) is 5.96. The molecule has 3 aromatic carbocycles. The standard InChI is InChI=1S/C26H27NO4/c1-27(2)23-14-10-20(11-15-23)25(21-12-16-24(28)17-13-21)31-18-4-5-19-6-8-22(9-7-19)26(29)30-3/h4-17,25,28H,18H2,1-3H3/b5-4+. The number of aromatic hydroxyl groups is 1. The van der Waals surface area contributed by atoms with Gasteiger partial charge in [0, 0.05) is 19.8 Å².